The van der Waals surface area contributed by atoms with Gasteiger partial charge in [0.1, 0.15) is 5.75 Å². The summed E-state index contributed by atoms with van der Waals surface area (Å²) in [4.78, 5) is 14.0. The number of benzene rings is 2. The predicted molar refractivity (Wildman–Crippen MR) is 92.4 cm³/mol. The lowest BCUT2D eigenvalue weighted by Gasteiger charge is -2.11. The molecular weight excluding hydrogens is 288 g/mol. The zero-order valence-electron chi connectivity index (χ0n) is 14.0. The van der Waals surface area contributed by atoms with Crippen LogP contribution in [0.4, 0.5) is 0 Å². The second-order valence-corrected chi connectivity index (χ2v) is 5.94. The molecule has 0 aromatic heterocycles. The van der Waals surface area contributed by atoms with Gasteiger partial charge < -0.3 is 15.0 Å². The molecule has 0 aliphatic carbocycles. The Kier molecular flexibility index (Phi) is 6.18. The molecule has 122 valence electrons. The maximum absolute atomic E-state index is 11.8. The standard InChI is InChI=1S/C19H24N2O2/c1-15-5-4-6-18(11-15)23-14-19(22)20-12-16-7-9-17(10-8-16)13-21(2)3/h4-11H,12-14H2,1-3H3,(H,20,22). The van der Waals surface area contributed by atoms with Gasteiger partial charge in [-0.3, -0.25) is 4.79 Å². The number of nitrogens with zero attached hydrogens (tertiary/aromatic N) is 1. The molecular formula is C19H24N2O2. The first-order chi connectivity index (χ1) is 11.0. The fraction of sp³-hybridized carbons (Fsp3) is 0.316. The average Bonchev–Trinajstić information content (AvgIpc) is 2.52. The van der Waals surface area contributed by atoms with E-state index in [0.717, 1.165) is 17.7 Å². The van der Waals surface area contributed by atoms with E-state index < -0.39 is 0 Å². The first kappa shape index (κ1) is 17.0. The zero-order valence-corrected chi connectivity index (χ0v) is 14.0. The lowest BCUT2D eigenvalue weighted by molar-refractivity contribution is -0.123. The van der Waals surface area contributed by atoms with Gasteiger partial charge in [0.15, 0.2) is 6.61 Å². The molecule has 0 spiro atoms. The van der Waals surface area contributed by atoms with E-state index in [1.165, 1.54) is 5.56 Å². The van der Waals surface area contributed by atoms with Crippen molar-refractivity contribution in [1.29, 1.82) is 0 Å². The van der Waals surface area contributed by atoms with Gasteiger partial charge in [0.25, 0.3) is 5.91 Å². The van der Waals surface area contributed by atoms with Crippen LogP contribution in [-0.2, 0) is 17.9 Å². The highest BCUT2D eigenvalue weighted by Crippen LogP contribution is 2.12. The van der Waals surface area contributed by atoms with E-state index in [2.05, 4.69) is 22.3 Å². The van der Waals surface area contributed by atoms with Crippen LogP contribution >= 0.6 is 0 Å². The van der Waals surface area contributed by atoms with Gasteiger partial charge in [0, 0.05) is 13.1 Å². The number of hydrogen-bond donors (Lipinski definition) is 1. The maximum atomic E-state index is 11.8. The molecule has 2 aromatic carbocycles. The summed E-state index contributed by atoms with van der Waals surface area (Å²) >= 11 is 0. The third-order valence-electron chi connectivity index (χ3n) is 3.37. The topological polar surface area (TPSA) is 41.6 Å². The smallest absolute Gasteiger partial charge is 0.258 e. The van der Waals surface area contributed by atoms with Crippen LogP contribution in [0, 0.1) is 6.92 Å². The maximum Gasteiger partial charge on any atom is 0.258 e. The predicted octanol–water partition coefficient (Wildman–Crippen LogP) is 2.75. The van der Waals surface area contributed by atoms with Gasteiger partial charge in [0.2, 0.25) is 0 Å². The number of carbonyl (C=O) groups excluding carboxylic acids is 1. The molecule has 2 rings (SSSR count). The van der Waals surface area contributed by atoms with Gasteiger partial charge in [-0.1, -0.05) is 36.4 Å². The van der Waals surface area contributed by atoms with E-state index in [-0.39, 0.29) is 12.5 Å². The van der Waals surface area contributed by atoms with Gasteiger partial charge in [0.05, 0.1) is 0 Å². The molecule has 4 nitrogen and oxygen atoms in total. The SMILES string of the molecule is Cc1cccc(OCC(=O)NCc2ccc(CN(C)C)cc2)c1. The molecule has 1 N–H and O–H groups in total. The summed E-state index contributed by atoms with van der Waals surface area (Å²) in [6.45, 7) is 3.45. The summed E-state index contributed by atoms with van der Waals surface area (Å²) in [5.41, 5.74) is 3.45. The van der Waals surface area contributed by atoms with Crippen LogP contribution in [0.2, 0.25) is 0 Å². The Bertz CT molecular complexity index is 636. The molecule has 23 heavy (non-hydrogen) atoms. The van der Waals surface area contributed by atoms with Crippen LogP contribution < -0.4 is 10.1 Å². The van der Waals surface area contributed by atoms with E-state index in [0.29, 0.717) is 12.3 Å². The molecule has 2 aromatic rings. The summed E-state index contributed by atoms with van der Waals surface area (Å²) in [6.07, 6.45) is 0. The Hall–Kier alpha value is -2.33. The first-order valence-electron chi connectivity index (χ1n) is 7.71. The average molecular weight is 312 g/mol. The number of ether oxygens (including phenoxy) is 1. The Balaban J connectivity index is 1.75. The van der Waals surface area contributed by atoms with Crippen LogP contribution in [0.1, 0.15) is 16.7 Å². The summed E-state index contributed by atoms with van der Waals surface area (Å²) in [5.74, 6) is 0.595. The molecule has 0 bridgehead atoms. The van der Waals surface area contributed by atoms with E-state index in [9.17, 15) is 4.79 Å². The fourth-order valence-corrected chi connectivity index (χ4v) is 2.23. The van der Waals surface area contributed by atoms with Crippen molar-refractivity contribution in [3.63, 3.8) is 0 Å². The molecule has 0 atom stereocenters. The van der Waals surface area contributed by atoms with Crippen molar-refractivity contribution in [2.45, 2.75) is 20.0 Å². The minimum Gasteiger partial charge on any atom is -0.484 e. The van der Waals surface area contributed by atoms with Gasteiger partial charge in [-0.2, -0.15) is 0 Å². The molecule has 0 heterocycles. The summed E-state index contributed by atoms with van der Waals surface area (Å²) in [6, 6.07) is 15.9. The van der Waals surface area contributed by atoms with Crippen LogP contribution in [-0.4, -0.2) is 31.5 Å². The second-order valence-electron chi connectivity index (χ2n) is 5.94. The highest BCUT2D eigenvalue weighted by atomic mass is 16.5. The number of amides is 1. The van der Waals surface area contributed by atoms with Crippen molar-refractivity contribution in [1.82, 2.24) is 10.2 Å². The number of carbonyl (C=O) groups is 1. The van der Waals surface area contributed by atoms with E-state index in [1.54, 1.807) is 0 Å². The van der Waals surface area contributed by atoms with Crippen molar-refractivity contribution in [2.24, 2.45) is 0 Å². The van der Waals surface area contributed by atoms with Gasteiger partial charge in [-0.25, -0.2) is 0 Å². The Morgan fingerprint density at radius 3 is 2.43 bits per heavy atom. The van der Waals surface area contributed by atoms with Crippen molar-refractivity contribution >= 4 is 5.91 Å². The normalized spacial score (nSPS) is 10.6. The molecule has 0 aliphatic rings. The van der Waals surface area contributed by atoms with E-state index in [1.807, 2.05) is 57.4 Å². The van der Waals surface area contributed by atoms with Gasteiger partial charge in [-0.15, -0.1) is 0 Å². The zero-order chi connectivity index (χ0) is 16.7. The highest BCUT2D eigenvalue weighted by molar-refractivity contribution is 5.77. The van der Waals surface area contributed by atoms with E-state index >= 15 is 0 Å². The minimum absolute atomic E-state index is 0.0299. The molecule has 0 aliphatic heterocycles. The highest BCUT2D eigenvalue weighted by Gasteiger charge is 2.03. The van der Waals surface area contributed by atoms with E-state index in [4.69, 9.17) is 4.74 Å². The quantitative estimate of drug-likeness (QED) is 0.855. The molecule has 0 fully saturated rings. The third kappa shape index (κ3) is 6.12. The van der Waals surface area contributed by atoms with Crippen LogP contribution in [0.15, 0.2) is 48.5 Å². The number of nitrogens with one attached hydrogen (secondary N) is 1. The number of hydrogen-bond acceptors (Lipinski definition) is 3. The molecule has 0 saturated heterocycles. The van der Waals surface area contributed by atoms with Crippen LogP contribution in [0.5, 0.6) is 5.75 Å². The van der Waals surface area contributed by atoms with Crippen LogP contribution in [0.25, 0.3) is 0 Å². The molecule has 0 saturated carbocycles. The second kappa shape index (κ2) is 8.34. The molecule has 0 radical (unpaired) electrons. The van der Waals surface area contributed by atoms with Gasteiger partial charge in [-0.05, 0) is 49.8 Å². The number of rotatable bonds is 7. The lowest BCUT2D eigenvalue weighted by Crippen LogP contribution is -2.28. The van der Waals surface area contributed by atoms with Crippen molar-refractivity contribution in [3.05, 3.63) is 65.2 Å². The molecule has 1 amide bonds. The molecule has 4 heteroatoms. The monoisotopic (exact) mass is 312 g/mol. The first-order valence-corrected chi connectivity index (χ1v) is 7.71. The largest absolute Gasteiger partial charge is 0.484 e. The van der Waals surface area contributed by atoms with Crippen molar-refractivity contribution in [2.75, 3.05) is 20.7 Å². The Labute approximate surface area is 138 Å². The summed E-state index contributed by atoms with van der Waals surface area (Å²) in [7, 11) is 4.09. The minimum atomic E-state index is -0.121. The third-order valence-corrected chi connectivity index (χ3v) is 3.37. The lowest BCUT2D eigenvalue weighted by atomic mass is 10.1. The number of aryl methyl sites for hydroxylation is 1. The summed E-state index contributed by atoms with van der Waals surface area (Å²) < 4.78 is 5.48. The Morgan fingerprint density at radius 1 is 1.09 bits per heavy atom. The van der Waals surface area contributed by atoms with Crippen molar-refractivity contribution < 1.29 is 9.53 Å². The fourth-order valence-electron chi connectivity index (χ4n) is 2.23. The Morgan fingerprint density at radius 2 is 1.78 bits per heavy atom. The van der Waals surface area contributed by atoms with Crippen LogP contribution in [0.3, 0.4) is 0 Å². The van der Waals surface area contributed by atoms with Crippen molar-refractivity contribution in [3.8, 4) is 5.75 Å². The van der Waals surface area contributed by atoms with Gasteiger partial charge >= 0.3 is 0 Å². The molecule has 0 unspecified atom stereocenters. The summed E-state index contributed by atoms with van der Waals surface area (Å²) in [5, 5.41) is 2.87.